The van der Waals surface area contributed by atoms with E-state index >= 15 is 0 Å². The van der Waals surface area contributed by atoms with Gasteiger partial charge in [-0.1, -0.05) is 30.3 Å². The van der Waals surface area contributed by atoms with Crippen LogP contribution in [0.3, 0.4) is 0 Å². The molecule has 106 valence electrons. The lowest BCUT2D eigenvalue weighted by Gasteiger charge is -2.10. The Kier molecular flexibility index (Phi) is 4.73. The number of aliphatic hydroxyl groups is 1. The van der Waals surface area contributed by atoms with Crippen LogP contribution in [0.5, 0.6) is 0 Å². The van der Waals surface area contributed by atoms with E-state index in [1.54, 1.807) is 17.1 Å². The molecule has 1 atom stereocenters. The van der Waals surface area contributed by atoms with Gasteiger partial charge in [-0.05, 0) is 5.56 Å². The van der Waals surface area contributed by atoms with E-state index in [9.17, 15) is 9.90 Å². The van der Waals surface area contributed by atoms with E-state index in [0.717, 1.165) is 5.56 Å². The Morgan fingerprint density at radius 2 is 2.20 bits per heavy atom. The van der Waals surface area contributed by atoms with Gasteiger partial charge in [-0.15, -0.1) is 0 Å². The van der Waals surface area contributed by atoms with E-state index in [1.165, 1.54) is 0 Å². The summed E-state index contributed by atoms with van der Waals surface area (Å²) in [5.41, 5.74) is 1.42. The van der Waals surface area contributed by atoms with Crippen LogP contribution in [-0.2, 0) is 18.4 Å². The maximum atomic E-state index is 11.5. The minimum atomic E-state index is -0.847. The summed E-state index contributed by atoms with van der Waals surface area (Å²) in [6.45, 7) is 0.261. The molecule has 0 radical (unpaired) electrons. The van der Waals surface area contributed by atoms with Crippen LogP contribution in [0.2, 0.25) is 0 Å². The molecule has 2 rings (SSSR count). The third-order valence-corrected chi connectivity index (χ3v) is 2.72. The first-order chi connectivity index (χ1) is 9.65. The van der Waals surface area contributed by atoms with E-state index in [0.29, 0.717) is 5.69 Å². The van der Waals surface area contributed by atoms with Gasteiger partial charge in [-0.25, -0.2) is 9.78 Å². The fraction of sp³-hybridized carbons (Fsp3) is 0.286. The molecular formula is C14H17N3O3. The molecule has 2 aromatic rings. The molecule has 0 aliphatic heterocycles. The number of nitrogens with one attached hydrogen (secondary N) is 1. The molecule has 0 saturated carbocycles. The van der Waals surface area contributed by atoms with E-state index in [1.807, 2.05) is 37.4 Å². The summed E-state index contributed by atoms with van der Waals surface area (Å²) in [5.74, 6) is 0. The van der Waals surface area contributed by atoms with Crippen LogP contribution in [0.4, 0.5) is 4.79 Å². The molecule has 0 spiro atoms. The molecule has 0 aliphatic rings. The highest BCUT2D eigenvalue weighted by atomic mass is 16.5. The maximum Gasteiger partial charge on any atom is 0.407 e. The molecule has 1 aromatic carbocycles. The van der Waals surface area contributed by atoms with Crippen molar-refractivity contribution in [2.45, 2.75) is 12.7 Å². The third-order valence-electron chi connectivity index (χ3n) is 2.72. The number of carbonyl (C=O) groups excluding carboxylic acids is 1. The zero-order valence-corrected chi connectivity index (χ0v) is 11.2. The summed E-state index contributed by atoms with van der Waals surface area (Å²) in [6, 6.07) is 9.39. The van der Waals surface area contributed by atoms with E-state index in [-0.39, 0.29) is 13.2 Å². The molecule has 1 amide bonds. The van der Waals surface area contributed by atoms with Gasteiger partial charge in [-0.2, -0.15) is 0 Å². The Hall–Kier alpha value is -2.34. The predicted molar refractivity (Wildman–Crippen MR) is 72.8 cm³/mol. The monoisotopic (exact) mass is 275 g/mol. The smallest absolute Gasteiger partial charge is 0.407 e. The van der Waals surface area contributed by atoms with E-state index in [4.69, 9.17) is 4.74 Å². The molecule has 0 bridgehead atoms. The summed E-state index contributed by atoms with van der Waals surface area (Å²) in [7, 11) is 1.81. The van der Waals surface area contributed by atoms with Gasteiger partial charge in [0.05, 0.1) is 18.6 Å². The third kappa shape index (κ3) is 4.10. The lowest BCUT2D eigenvalue weighted by Crippen LogP contribution is -2.29. The Labute approximate surface area is 117 Å². The molecule has 6 heteroatoms. The van der Waals surface area contributed by atoms with Gasteiger partial charge in [0.1, 0.15) is 12.7 Å². The number of alkyl carbamates (subject to hydrolysis) is 1. The topological polar surface area (TPSA) is 76.4 Å². The average Bonchev–Trinajstić information content (AvgIpc) is 2.90. The minimum absolute atomic E-state index is 0.0602. The lowest BCUT2D eigenvalue weighted by molar-refractivity contribution is 0.125. The number of benzene rings is 1. The fourth-order valence-electron chi connectivity index (χ4n) is 1.66. The first kappa shape index (κ1) is 14.1. The standard InChI is InChI=1S/C14H17N3O3/c1-17-8-12(16-10-17)13(18)7-15-14(19)20-9-11-5-3-2-4-6-11/h2-6,8,10,13,18H,7,9H2,1H3,(H,15,19). The largest absolute Gasteiger partial charge is 0.445 e. The van der Waals surface area contributed by atoms with Crippen LogP contribution in [0.1, 0.15) is 17.4 Å². The van der Waals surface area contributed by atoms with Gasteiger partial charge in [0.2, 0.25) is 0 Å². The van der Waals surface area contributed by atoms with E-state index in [2.05, 4.69) is 10.3 Å². The number of imidazole rings is 1. The molecule has 6 nitrogen and oxygen atoms in total. The highest BCUT2D eigenvalue weighted by molar-refractivity contribution is 5.67. The summed E-state index contributed by atoms with van der Waals surface area (Å²) in [6.07, 6.45) is 1.87. The molecule has 2 N–H and O–H groups in total. The van der Waals surface area contributed by atoms with Crippen molar-refractivity contribution in [3.05, 3.63) is 54.1 Å². The Bertz CT molecular complexity index is 554. The number of amides is 1. The first-order valence-electron chi connectivity index (χ1n) is 6.25. The number of rotatable bonds is 5. The Morgan fingerprint density at radius 1 is 1.45 bits per heavy atom. The highest BCUT2D eigenvalue weighted by Gasteiger charge is 2.12. The number of carbonyl (C=O) groups is 1. The van der Waals surface area contributed by atoms with Crippen molar-refractivity contribution in [2.75, 3.05) is 6.54 Å². The zero-order valence-electron chi connectivity index (χ0n) is 11.2. The van der Waals surface area contributed by atoms with Crippen LogP contribution in [-0.4, -0.2) is 27.3 Å². The molecule has 0 saturated heterocycles. The Balaban J connectivity index is 1.72. The summed E-state index contributed by atoms with van der Waals surface area (Å²) >= 11 is 0. The maximum absolute atomic E-state index is 11.5. The van der Waals surface area contributed by atoms with Crippen molar-refractivity contribution in [2.24, 2.45) is 7.05 Å². The Morgan fingerprint density at radius 3 is 2.85 bits per heavy atom. The molecular weight excluding hydrogens is 258 g/mol. The number of aryl methyl sites for hydroxylation is 1. The number of hydrogen-bond acceptors (Lipinski definition) is 4. The quantitative estimate of drug-likeness (QED) is 0.864. The summed E-state index contributed by atoms with van der Waals surface area (Å²) < 4.78 is 6.76. The minimum Gasteiger partial charge on any atom is -0.445 e. The van der Waals surface area contributed by atoms with Gasteiger partial charge >= 0.3 is 6.09 Å². The molecule has 1 unspecified atom stereocenters. The van der Waals surface area contributed by atoms with Crippen LogP contribution in [0.25, 0.3) is 0 Å². The highest BCUT2D eigenvalue weighted by Crippen LogP contribution is 2.08. The zero-order chi connectivity index (χ0) is 14.4. The first-order valence-corrected chi connectivity index (χ1v) is 6.25. The molecule has 1 heterocycles. The molecule has 1 aromatic heterocycles. The number of hydrogen-bond donors (Lipinski definition) is 2. The lowest BCUT2D eigenvalue weighted by atomic mass is 10.2. The van der Waals surface area contributed by atoms with Crippen molar-refractivity contribution >= 4 is 6.09 Å². The van der Waals surface area contributed by atoms with E-state index < -0.39 is 12.2 Å². The van der Waals surface area contributed by atoms with Crippen LogP contribution < -0.4 is 5.32 Å². The van der Waals surface area contributed by atoms with Crippen molar-refractivity contribution in [1.29, 1.82) is 0 Å². The van der Waals surface area contributed by atoms with Crippen LogP contribution in [0, 0.1) is 0 Å². The van der Waals surface area contributed by atoms with Crippen LogP contribution >= 0.6 is 0 Å². The van der Waals surface area contributed by atoms with Gasteiger partial charge in [0.25, 0.3) is 0 Å². The normalized spacial score (nSPS) is 11.9. The van der Waals surface area contributed by atoms with Gasteiger partial charge in [-0.3, -0.25) is 0 Å². The molecule has 0 aliphatic carbocycles. The average molecular weight is 275 g/mol. The summed E-state index contributed by atoms with van der Waals surface area (Å²) in [4.78, 5) is 15.5. The number of nitrogens with zero attached hydrogens (tertiary/aromatic N) is 2. The number of ether oxygens (including phenoxy) is 1. The number of aliphatic hydroxyl groups excluding tert-OH is 1. The van der Waals surface area contributed by atoms with Gasteiger partial charge < -0.3 is 19.7 Å². The molecule has 20 heavy (non-hydrogen) atoms. The summed E-state index contributed by atoms with van der Waals surface area (Å²) in [5, 5.41) is 12.3. The SMILES string of the molecule is Cn1cnc(C(O)CNC(=O)OCc2ccccc2)c1. The molecule has 0 fully saturated rings. The van der Waals surface area contributed by atoms with Crippen molar-refractivity contribution < 1.29 is 14.6 Å². The predicted octanol–water partition coefficient (Wildman–Crippen LogP) is 1.38. The van der Waals surface area contributed by atoms with Gasteiger partial charge in [0, 0.05) is 13.2 Å². The van der Waals surface area contributed by atoms with Crippen molar-refractivity contribution in [3.8, 4) is 0 Å². The second-order valence-electron chi connectivity index (χ2n) is 4.42. The van der Waals surface area contributed by atoms with Crippen LogP contribution in [0.15, 0.2) is 42.9 Å². The second kappa shape index (κ2) is 6.72. The number of aromatic nitrogens is 2. The van der Waals surface area contributed by atoms with Crippen molar-refractivity contribution in [3.63, 3.8) is 0 Å². The van der Waals surface area contributed by atoms with Gasteiger partial charge in [0.15, 0.2) is 0 Å². The fourth-order valence-corrected chi connectivity index (χ4v) is 1.66. The second-order valence-corrected chi connectivity index (χ2v) is 4.42. The van der Waals surface area contributed by atoms with Crippen molar-refractivity contribution in [1.82, 2.24) is 14.9 Å².